The van der Waals surface area contributed by atoms with Crippen LogP contribution in [-0.4, -0.2) is 89.7 Å². The number of aromatic hydroxyl groups is 7. The molecule has 3 aromatic carbocycles. The predicted molar refractivity (Wildman–Crippen MR) is 149 cm³/mol. The van der Waals surface area contributed by atoms with Crippen LogP contribution in [0.1, 0.15) is 17.3 Å². The molecule has 9 N–H and O–H groups in total. The highest BCUT2D eigenvalue weighted by Gasteiger charge is 2.47. The van der Waals surface area contributed by atoms with Crippen LogP contribution >= 0.6 is 0 Å². The predicted octanol–water partition coefficient (Wildman–Crippen LogP) is 1.48. The molecule has 0 saturated carbocycles. The molecule has 0 radical (unpaired) electrons. The minimum absolute atomic E-state index is 0.0824. The van der Waals surface area contributed by atoms with Crippen molar-refractivity contribution < 1.29 is 74.1 Å². The van der Waals surface area contributed by atoms with Crippen LogP contribution in [0.3, 0.4) is 0 Å². The summed E-state index contributed by atoms with van der Waals surface area (Å²) < 4.78 is 27.7. The third kappa shape index (κ3) is 5.48. The number of fused-ring (bicyclic) bond motifs is 1. The van der Waals surface area contributed by atoms with Crippen LogP contribution in [0.4, 0.5) is 0 Å². The zero-order chi connectivity index (χ0) is 32.9. The fourth-order valence-electron chi connectivity index (χ4n) is 4.66. The Hall–Kier alpha value is -5.58. The summed E-state index contributed by atoms with van der Waals surface area (Å²) >= 11 is 0. The van der Waals surface area contributed by atoms with Gasteiger partial charge in [0.25, 0.3) is 0 Å². The number of ether oxygens (including phenoxy) is 4. The van der Waals surface area contributed by atoms with Gasteiger partial charge in [-0.05, 0) is 31.2 Å². The fourth-order valence-corrected chi connectivity index (χ4v) is 4.66. The van der Waals surface area contributed by atoms with E-state index >= 15 is 0 Å². The summed E-state index contributed by atoms with van der Waals surface area (Å²) in [4.78, 5) is 26.8. The smallest absolute Gasteiger partial charge is 0.339 e. The monoisotopic (exact) mass is 630 g/mol. The molecule has 0 unspecified atom stereocenters. The third-order valence-corrected chi connectivity index (χ3v) is 7.04. The molecule has 0 spiro atoms. The maximum atomic E-state index is 13.8. The van der Waals surface area contributed by atoms with Gasteiger partial charge in [0.05, 0.1) is 18.8 Å². The second kappa shape index (κ2) is 11.5. The number of carbonyl (C=O) groups excluding carboxylic acids is 1. The second-order valence-electron chi connectivity index (χ2n) is 10.0. The zero-order valence-electron chi connectivity index (χ0n) is 23.2. The van der Waals surface area contributed by atoms with Gasteiger partial charge >= 0.3 is 5.97 Å². The first-order valence-electron chi connectivity index (χ1n) is 13.0. The molecule has 238 valence electrons. The van der Waals surface area contributed by atoms with Crippen molar-refractivity contribution in [2.75, 3.05) is 7.11 Å². The Bertz CT molecular complexity index is 1820. The third-order valence-electron chi connectivity index (χ3n) is 7.04. The van der Waals surface area contributed by atoms with Gasteiger partial charge in [-0.2, -0.15) is 0 Å². The van der Waals surface area contributed by atoms with Crippen molar-refractivity contribution in [1.82, 2.24) is 0 Å². The number of hydrogen-bond acceptors (Lipinski definition) is 16. The Kier molecular flexibility index (Phi) is 7.88. The van der Waals surface area contributed by atoms with Gasteiger partial charge in [-0.25, -0.2) is 4.79 Å². The molecule has 5 rings (SSSR count). The van der Waals surface area contributed by atoms with Crippen LogP contribution in [-0.2, 0) is 9.47 Å². The molecule has 45 heavy (non-hydrogen) atoms. The van der Waals surface area contributed by atoms with Crippen molar-refractivity contribution in [3.05, 3.63) is 52.2 Å². The lowest BCUT2D eigenvalue weighted by Crippen LogP contribution is -2.60. The van der Waals surface area contributed by atoms with E-state index < -0.39 is 105 Å². The first kappa shape index (κ1) is 30.9. The second-order valence-corrected chi connectivity index (χ2v) is 10.0. The zero-order valence-corrected chi connectivity index (χ0v) is 23.2. The number of phenols is 7. The molecule has 1 fully saturated rings. The van der Waals surface area contributed by atoms with E-state index in [9.17, 15) is 55.5 Å². The minimum atomic E-state index is -1.91. The first-order valence-corrected chi connectivity index (χ1v) is 13.0. The highest BCUT2D eigenvalue weighted by Crippen LogP contribution is 2.43. The summed E-state index contributed by atoms with van der Waals surface area (Å²) in [7, 11) is 1.29. The lowest BCUT2D eigenvalue weighted by atomic mass is 9.99. The topological polar surface area (TPSA) is 266 Å². The summed E-state index contributed by atoms with van der Waals surface area (Å²) in [5, 5.41) is 90.8. The van der Waals surface area contributed by atoms with Gasteiger partial charge in [0, 0.05) is 17.7 Å². The van der Waals surface area contributed by atoms with Crippen LogP contribution < -0.4 is 14.9 Å². The number of methoxy groups -OCH3 is 1. The number of hydrogen-bond donors (Lipinski definition) is 9. The van der Waals surface area contributed by atoms with Crippen molar-refractivity contribution in [2.45, 2.75) is 37.6 Å². The molecular weight excluding hydrogens is 604 g/mol. The average molecular weight is 631 g/mol. The normalized spacial score (nSPS) is 21.4. The van der Waals surface area contributed by atoms with Crippen LogP contribution in [0.25, 0.3) is 22.3 Å². The molecule has 16 heteroatoms. The molecular formula is C29H26O16. The number of carbonyl (C=O) groups is 1. The lowest BCUT2D eigenvalue weighted by Gasteiger charge is -2.40. The Labute approximate surface area is 251 Å². The van der Waals surface area contributed by atoms with E-state index in [2.05, 4.69) is 0 Å². The Morgan fingerprint density at radius 1 is 0.800 bits per heavy atom. The molecule has 2 heterocycles. The molecule has 5 atom stereocenters. The van der Waals surface area contributed by atoms with Crippen LogP contribution in [0.2, 0.25) is 0 Å². The Balaban J connectivity index is 1.65. The fraction of sp³-hybridized carbons (Fsp3) is 0.241. The maximum absolute atomic E-state index is 13.8. The molecule has 0 bridgehead atoms. The summed E-state index contributed by atoms with van der Waals surface area (Å²) in [6.45, 7) is 1.33. The number of benzene rings is 3. The van der Waals surface area contributed by atoms with Gasteiger partial charge in [-0.1, -0.05) is 0 Å². The standard InChI is InChI=1S/C29H26O16/c1-9-20(35)24(39)27(44-28(40)11-5-16(33)22(37)17(34)6-11)29(42-9)45-26-23(38)19-13(30)7-12(41-2)8-18(19)43-25(26)10-3-14(31)21(36)15(32)4-10/h3-9,20,24,27,29-37,39H,1-2H3/t9-,20-,24+,27+,29-/m1/s1. The number of aliphatic hydroxyl groups excluding tert-OH is 2. The van der Waals surface area contributed by atoms with E-state index in [1.54, 1.807) is 0 Å². The molecule has 4 aromatic rings. The molecule has 1 aliphatic heterocycles. The van der Waals surface area contributed by atoms with E-state index in [4.69, 9.17) is 23.4 Å². The van der Waals surface area contributed by atoms with Crippen LogP contribution in [0.5, 0.6) is 51.7 Å². The summed E-state index contributed by atoms with van der Waals surface area (Å²) in [6.07, 6.45) is -8.54. The van der Waals surface area contributed by atoms with Crippen molar-refractivity contribution in [2.24, 2.45) is 0 Å². The van der Waals surface area contributed by atoms with E-state index in [0.717, 1.165) is 30.3 Å². The average Bonchev–Trinajstić information content (AvgIpc) is 2.99. The molecule has 16 nitrogen and oxygen atoms in total. The van der Waals surface area contributed by atoms with Gasteiger partial charge in [-0.3, -0.25) is 4.79 Å². The van der Waals surface area contributed by atoms with Gasteiger partial charge in [-0.15, -0.1) is 0 Å². The minimum Gasteiger partial charge on any atom is -0.507 e. The largest absolute Gasteiger partial charge is 0.507 e. The van der Waals surface area contributed by atoms with Gasteiger partial charge < -0.3 is 69.3 Å². The van der Waals surface area contributed by atoms with E-state index in [-0.39, 0.29) is 16.9 Å². The SMILES string of the molecule is COc1cc(O)c2c(=O)c(O[C@H]3O[C@H](C)[C@@H](O)[C@H](O)[C@@H]3OC(=O)c3cc(O)c(O)c(O)c3)c(-c3cc(O)c(O)c(O)c3)oc2c1. The first-order chi connectivity index (χ1) is 21.2. The van der Waals surface area contributed by atoms with E-state index in [0.29, 0.717) is 0 Å². The summed E-state index contributed by atoms with van der Waals surface area (Å²) in [5.41, 5.74) is -2.02. The number of rotatable bonds is 6. The van der Waals surface area contributed by atoms with Crippen molar-refractivity contribution >= 4 is 16.9 Å². The van der Waals surface area contributed by atoms with Gasteiger partial charge in [0.15, 0.2) is 46.4 Å². The van der Waals surface area contributed by atoms with Crippen molar-refractivity contribution in [3.8, 4) is 63.1 Å². The number of aliphatic hydroxyl groups is 2. The molecule has 1 aromatic heterocycles. The number of phenolic OH excluding ortho intramolecular Hbond substituents is 7. The number of esters is 1. The summed E-state index contributed by atoms with van der Waals surface area (Å²) in [6, 6.07) is 5.68. The highest BCUT2D eigenvalue weighted by molar-refractivity contribution is 5.91. The molecule has 0 amide bonds. The maximum Gasteiger partial charge on any atom is 0.339 e. The van der Waals surface area contributed by atoms with Crippen molar-refractivity contribution in [1.29, 1.82) is 0 Å². The van der Waals surface area contributed by atoms with Gasteiger partial charge in [0.1, 0.15) is 34.7 Å². The van der Waals surface area contributed by atoms with E-state index in [1.165, 1.54) is 20.1 Å². The Morgan fingerprint density at radius 2 is 1.38 bits per heavy atom. The Morgan fingerprint density at radius 3 is 1.96 bits per heavy atom. The molecule has 1 aliphatic rings. The quantitative estimate of drug-likeness (QED) is 0.108. The van der Waals surface area contributed by atoms with E-state index in [1.807, 2.05) is 0 Å². The van der Waals surface area contributed by atoms with Crippen LogP contribution in [0, 0.1) is 0 Å². The lowest BCUT2D eigenvalue weighted by molar-refractivity contribution is -0.267. The molecule has 0 aliphatic carbocycles. The van der Waals surface area contributed by atoms with Crippen LogP contribution in [0.15, 0.2) is 45.6 Å². The highest BCUT2D eigenvalue weighted by atomic mass is 16.7. The van der Waals surface area contributed by atoms with Gasteiger partial charge in [0.2, 0.25) is 17.5 Å². The van der Waals surface area contributed by atoms with Crippen molar-refractivity contribution in [3.63, 3.8) is 0 Å². The molecule has 1 saturated heterocycles. The summed E-state index contributed by atoms with van der Waals surface area (Å²) in [5.74, 6) is -8.26.